The van der Waals surface area contributed by atoms with Crippen molar-refractivity contribution in [1.82, 2.24) is 16.0 Å². The SMILES string of the molecule is CC(C)CC(NC(=O)C(Cc1ccc(O)cc1)NC(=O)C(N)C(C)C)C(=O)NC(CC(N)=O)C(=O)O. The molecule has 0 radical (unpaired) electrons. The minimum atomic E-state index is -1.56. The number of hydrogen-bond donors (Lipinski definition) is 7. The molecule has 0 heterocycles. The van der Waals surface area contributed by atoms with Crippen LogP contribution in [-0.2, 0) is 30.4 Å². The normalized spacial score (nSPS) is 14.4. The Bertz CT molecular complexity index is 933. The quantitative estimate of drug-likeness (QED) is 0.172. The van der Waals surface area contributed by atoms with E-state index in [1.165, 1.54) is 12.1 Å². The van der Waals surface area contributed by atoms with E-state index in [9.17, 15) is 34.2 Å². The maximum absolute atomic E-state index is 13.2. The Kier molecular flexibility index (Phi) is 11.8. The minimum absolute atomic E-state index is 0.0308. The molecule has 1 aromatic carbocycles. The van der Waals surface area contributed by atoms with E-state index in [-0.39, 0.29) is 30.4 Å². The van der Waals surface area contributed by atoms with Crippen LogP contribution in [0.4, 0.5) is 0 Å². The van der Waals surface area contributed by atoms with E-state index in [1.54, 1.807) is 26.0 Å². The van der Waals surface area contributed by atoms with Crippen LogP contribution in [0.1, 0.15) is 46.1 Å². The lowest BCUT2D eigenvalue weighted by Gasteiger charge is -2.26. The Balaban J connectivity index is 3.15. The highest BCUT2D eigenvalue weighted by Crippen LogP contribution is 2.13. The van der Waals surface area contributed by atoms with Gasteiger partial charge in [0, 0.05) is 6.42 Å². The summed E-state index contributed by atoms with van der Waals surface area (Å²) in [4.78, 5) is 61.4. The molecule has 36 heavy (non-hydrogen) atoms. The Labute approximate surface area is 210 Å². The highest BCUT2D eigenvalue weighted by atomic mass is 16.4. The Morgan fingerprint density at radius 3 is 1.81 bits per heavy atom. The van der Waals surface area contributed by atoms with Gasteiger partial charge in [0.1, 0.15) is 23.9 Å². The summed E-state index contributed by atoms with van der Waals surface area (Å²) in [7, 11) is 0. The van der Waals surface area contributed by atoms with Gasteiger partial charge in [0.15, 0.2) is 0 Å². The molecule has 4 unspecified atom stereocenters. The van der Waals surface area contributed by atoms with Crippen LogP contribution >= 0.6 is 0 Å². The van der Waals surface area contributed by atoms with Crippen LogP contribution in [0, 0.1) is 11.8 Å². The molecule has 0 spiro atoms. The number of nitrogens with one attached hydrogen (secondary N) is 3. The molecule has 4 atom stereocenters. The third-order valence-corrected chi connectivity index (χ3v) is 5.39. The molecule has 0 fully saturated rings. The van der Waals surface area contributed by atoms with Gasteiger partial charge in [0.2, 0.25) is 23.6 Å². The van der Waals surface area contributed by atoms with E-state index in [4.69, 9.17) is 11.5 Å². The average Bonchev–Trinajstić information content (AvgIpc) is 2.77. The van der Waals surface area contributed by atoms with Gasteiger partial charge >= 0.3 is 5.97 Å². The summed E-state index contributed by atoms with van der Waals surface area (Å²) in [6.45, 7) is 7.13. The lowest BCUT2D eigenvalue weighted by Crippen LogP contribution is -2.58. The summed E-state index contributed by atoms with van der Waals surface area (Å²) in [5.74, 6) is -4.64. The van der Waals surface area contributed by atoms with Crippen molar-refractivity contribution in [3.05, 3.63) is 29.8 Å². The maximum Gasteiger partial charge on any atom is 0.326 e. The first-order chi connectivity index (χ1) is 16.7. The lowest BCUT2D eigenvalue weighted by atomic mass is 9.99. The van der Waals surface area contributed by atoms with E-state index >= 15 is 0 Å². The Morgan fingerprint density at radius 2 is 1.33 bits per heavy atom. The summed E-state index contributed by atoms with van der Waals surface area (Å²) in [5, 5.41) is 26.3. The number of carboxylic acid groups (broad SMARTS) is 1. The van der Waals surface area contributed by atoms with Crippen molar-refractivity contribution in [2.24, 2.45) is 23.3 Å². The number of phenolic OH excluding ortho intramolecular Hbond substituents is 1. The number of nitrogens with two attached hydrogens (primary N) is 2. The van der Waals surface area contributed by atoms with Gasteiger partial charge in [-0.15, -0.1) is 0 Å². The molecule has 0 aliphatic carbocycles. The van der Waals surface area contributed by atoms with Crippen molar-refractivity contribution in [2.75, 3.05) is 0 Å². The molecular formula is C24H37N5O7. The van der Waals surface area contributed by atoms with Crippen LogP contribution in [0.2, 0.25) is 0 Å². The second kappa shape index (κ2) is 14.0. The smallest absolute Gasteiger partial charge is 0.326 e. The number of aromatic hydroxyl groups is 1. The predicted octanol–water partition coefficient (Wildman–Crippen LogP) is -0.621. The molecule has 9 N–H and O–H groups in total. The number of carbonyl (C=O) groups is 5. The molecular weight excluding hydrogens is 470 g/mol. The first kappa shape index (κ1) is 30.4. The van der Waals surface area contributed by atoms with Crippen molar-refractivity contribution in [2.45, 2.75) is 71.1 Å². The number of primary amides is 1. The van der Waals surface area contributed by atoms with Gasteiger partial charge in [0.05, 0.1) is 12.5 Å². The average molecular weight is 508 g/mol. The molecule has 1 aromatic rings. The number of aliphatic carboxylic acids is 1. The van der Waals surface area contributed by atoms with E-state index in [0.717, 1.165) is 0 Å². The number of rotatable bonds is 14. The van der Waals surface area contributed by atoms with E-state index in [0.29, 0.717) is 5.56 Å². The second-order valence-corrected chi connectivity index (χ2v) is 9.46. The van der Waals surface area contributed by atoms with Gasteiger partial charge in [-0.2, -0.15) is 0 Å². The number of phenols is 1. The standard InChI is InChI=1S/C24H37N5O7/c1-12(2)9-16(21(32)29-18(24(35)36)11-19(25)31)27-22(33)17(28-23(34)20(26)13(3)4)10-14-5-7-15(30)8-6-14/h5-8,12-13,16-18,20,30H,9-11,26H2,1-4H3,(H2,25,31)(H,27,33)(H,28,34)(H,29,32)(H,35,36). The van der Waals surface area contributed by atoms with Crippen LogP contribution < -0.4 is 27.4 Å². The zero-order valence-electron chi connectivity index (χ0n) is 21.0. The van der Waals surface area contributed by atoms with Crippen LogP contribution in [-0.4, -0.2) is 64.0 Å². The van der Waals surface area contributed by atoms with Gasteiger partial charge in [-0.25, -0.2) is 4.79 Å². The van der Waals surface area contributed by atoms with Crippen LogP contribution in [0.5, 0.6) is 5.75 Å². The number of carbonyl (C=O) groups excluding carboxylic acids is 4. The fraction of sp³-hybridized carbons (Fsp3) is 0.542. The molecule has 0 aliphatic heterocycles. The maximum atomic E-state index is 13.2. The monoisotopic (exact) mass is 507 g/mol. The number of hydrogen-bond acceptors (Lipinski definition) is 7. The van der Waals surface area contributed by atoms with E-state index in [1.807, 2.05) is 13.8 Å². The predicted molar refractivity (Wildman–Crippen MR) is 131 cm³/mol. The summed E-state index contributed by atoms with van der Waals surface area (Å²) in [6, 6.07) is 1.35. The van der Waals surface area contributed by atoms with Crippen molar-refractivity contribution in [3.63, 3.8) is 0 Å². The molecule has 1 rings (SSSR count). The topological polar surface area (TPSA) is 214 Å². The summed E-state index contributed by atoms with van der Waals surface area (Å²) in [6.07, 6.45) is -0.417. The van der Waals surface area contributed by atoms with Crippen molar-refractivity contribution in [1.29, 1.82) is 0 Å². The van der Waals surface area contributed by atoms with Crippen LogP contribution in [0.15, 0.2) is 24.3 Å². The van der Waals surface area contributed by atoms with Crippen LogP contribution in [0.3, 0.4) is 0 Å². The van der Waals surface area contributed by atoms with Crippen LogP contribution in [0.25, 0.3) is 0 Å². The molecule has 12 nitrogen and oxygen atoms in total. The van der Waals surface area contributed by atoms with Gasteiger partial charge < -0.3 is 37.6 Å². The zero-order valence-corrected chi connectivity index (χ0v) is 21.0. The second-order valence-electron chi connectivity index (χ2n) is 9.46. The van der Waals surface area contributed by atoms with Gasteiger partial charge in [-0.1, -0.05) is 39.8 Å². The first-order valence-corrected chi connectivity index (χ1v) is 11.7. The molecule has 4 amide bonds. The minimum Gasteiger partial charge on any atom is -0.508 e. The van der Waals surface area contributed by atoms with E-state index in [2.05, 4.69) is 16.0 Å². The third-order valence-electron chi connectivity index (χ3n) is 5.39. The van der Waals surface area contributed by atoms with Gasteiger partial charge in [-0.3, -0.25) is 19.2 Å². The molecule has 200 valence electrons. The molecule has 0 aliphatic rings. The van der Waals surface area contributed by atoms with Gasteiger partial charge in [0.25, 0.3) is 0 Å². The summed E-state index contributed by atoms with van der Waals surface area (Å²) < 4.78 is 0. The van der Waals surface area contributed by atoms with Crippen molar-refractivity contribution >= 4 is 29.6 Å². The highest BCUT2D eigenvalue weighted by Gasteiger charge is 2.31. The summed E-state index contributed by atoms with van der Waals surface area (Å²) >= 11 is 0. The lowest BCUT2D eigenvalue weighted by molar-refractivity contribution is -0.144. The Hall–Kier alpha value is -3.67. The molecule has 12 heteroatoms. The van der Waals surface area contributed by atoms with Gasteiger partial charge in [-0.05, 0) is 36.0 Å². The fourth-order valence-corrected chi connectivity index (χ4v) is 3.30. The number of amides is 4. The zero-order chi connectivity index (χ0) is 27.6. The molecule has 0 aromatic heterocycles. The Morgan fingerprint density at radius 1 is 0.833 bits per heavy atom. The number of benzene rings is 1. The largest absolute Gasteiger partial charge is 0.508 e. The molecule has 0 saturated heterocycles. The van der Waals surface area contributed by atoms with Crippen molar-refractivity contribution in [3.8, 4) is 5.75 Å². The number of carboxylic acids is 1. The summed E-state index contributed by atoms with van der Waals surface area (Å²) in [5.41, 5.74) is 11.6. The van der Waals surface area contributed by atoms with Crippen molar-refractivity contribution < 1.29 is 34.2 Å². The molecule has 0 bridgehead atoms. The fourth-order valence-electron chi connectivity index (χ4n) is 3.30. The molecule has 0 saturated carbocycles. The van der Waals surface area contributed by atoms with E-state index < -0.39 is 60.2 Å². The third kappa shape index (κ3) is 10.3. The highest BCUT2D eigenvalue weighted by molar-refractivity contribution is 5.95. The first-order valence-electron chi connectivity index (χ1n) is 11.7.